The monoisotopic (exact) mass is 143 g/mol. The summed E-state index contributed by atoms with van der Waals surface area (Å²) in [5.74, 6) is 0. The van der Waals surface area contributed by atoms with Crippen LogP contribution >= 0.6 is 0 Å². The standard InChI is InChI=1S/C8H17NO/c1-3-8(2,9)7-5-4-6-10-7/h7H,3-6,9H2,1-2H3. The van der Waals surface area contributed by atoms with E-state index in [1.807, 2.05) is 0 Å². The third-order valence-electron chi connectivity index (χ3n) is 2.43. The zero-order valence-electron chi connectivity index (χ0n) is 6.89. The van der Waals surface area contributed by atoms with Crippen LogP contribution in [-0.4, -0.2) is 18.2 Å². The van der Waals surface area contributed by atoms with E-state index in [4.69, 9.17) is 10.5 Å². The zero-order valence-corrected chi connectivity index (χ0v) is 6.89. The summed E-state index contributed by atoms with van der Waals surface area (Å²) in [5, 5.41) is 0. The number of ether oxygens (including phenoxy) is 1. The van der Waals surface area contributed by atoms with E-state index in [0.29, 0.717) is 6.10 Å². The first-order valence-corrected chi connectivity index (χ1v) is 4.07. The highest BCUT2D eigenvalue weighted by molar-refractivity contribution is 4.88. The first kappa shape index (κ1) is 8.02. The molecular formula is C8H17NO. The molecule has 2 heteroatoms. The van der Waals surface area contributed by atoms with E-state index >= 15 is 0 Å². The maximum atomic E-state index is 6.00. The van der Waals surface area contributed by atoms with Crippen molar-refractivity contribution in [1.29, 1.82) is 0 Å². The van der Waals surface area contributed by atoms with Crippen LogP contribution in [0.15, 0.2) is 0 Å². The van der Waals surface area contributed by atoms with Gasteiger partial charge in [-0.25, -0.2) is 0 Å². The van der Waals surface area contributed by atoms with Gasteiger partial charge in [0.1, 0.15) is 0 Å². The van der Waals surface area contributed by atoms with Gasteiger partial charge in [-0.3, -0.25) is 0 Å². The summed E-state index contributed by atoms with van der Waals surface area (Å²) in [4.78, 5) is 0. The highest BCUT2D eigenvalue weighted by Gasteiger charge is 2.31. The Hall–Kier alpha value is -0.0800. The fraction of sp³-hybridized carbons (Fsp3) is 1.00. The van der Waals surface area contributed by atoms with Gasteiger partial charge in [0.15, 0.2) is 0 Å². The van der Waals surface area contributed by atoms with Crippen LogP contribution < -0.4 is 5.73 Å². The fourth-order valence-electron chi connectivity index (χ4n) is 1.33. The molecule has 2 nitrogen and oxygen atoms in total. The molecule has 0 bridgehead atoms. The number of hydrogen-bond acceptors (Lipinski definition) is 2. The normalized spacial score (nSPS) is 32.1. The molecule has 0 radical (unpaired) electrons. The van der Waals surface area contributed by atoms with Gasteiger partial charge in [0, 0.05) is 12.1 Å². The summed E-state index contributed by atoms with van der Waals surface area (Å²) < 4.78 is 5.48. The van der Waals surface area contributed by atoms with Crippen molar-refractivity contribution in [1.82, 2.24) is 0 Å². The van der Waals surface area contributed by atoms with Crippen molar-refractivity contribution in [3.63, 3.8) is 0 Å². The highest BCUT2D eigenvalue weighted by Crippen LogP contribution is 2.23. The lowest BCUT2D eigenvalue weighted by Gasteiger charge is -2.29. The summed E-state index contributed by atoms with van der Waals surface area (Å²) in [6, 6.07) is 0. The molecular weight excluding hydrogens is 126 g/mol. The van der Waals surface area contributed by atoms with E-state index in [0.717, 1.165) is 19.4 Å². The Morgan fingerprint density at radius 2 is 2.40 bits per heavy atom. The molecule has 0 aromatic carbocycles. The molecule has 0 aromatic heterocycles. The van der Waals surface area contributed by atoms with Gasteiger partial charge in [-0.05, 0) is 26.2 Å². The lowest BCUT2D eigenvalue weighted by Crippen LogP contribution is -2.47. The highest BCUT2D eigenvalue weighted by atomic mass is 16.5. The Labute approximate surface area is 62.7 Å². The quantitative estimate of drug-likeness (QED) is 0.632. The van der Waals surface area contributed by atoms with Crippen LogP contribution in [0.1, 0.15) is 33.1 Å². The average molecular weight is 143 g/mol. The third kappa shape index (κ3) is 1.50. The van der Waals surface area contributed by atoms with Crippen LogP contribution in [-0.2, 0) is 4.74 Å². The topological polar surface area (TPSA) is 35.2 Å². The first-order chi connectivity index (χ1) is 4.67. The molecule has 0 spiro atoms. The van der Waals surface area contributed by atoms with E-state index in [9.17, 15) is 0 Å². The average Bonchev–Trinajstić information content (AvgIpc) is 2.38. The molecule has 0 aromatic rings. The summed E-state index contributed by atoms with van der Waals surface area (Å²) in [7, 11) is 0. The summed E-state index contributed by atoms with van der Waals surface area (Å²) in [6.07, 6.45) is 3.62. The second kappa shape index (κ2) is 2.89. The van der Waals surface area contributed by atoms with Crippen molar-refractivity contribution in [3.8, 4) is 0 Å². The second-order valence-corrected chi connectivity index (χ2v) is 3.36. The molecule has 2 N–H and O–H groups in total. The molecule has 1 aliphatic rings. The number of nitrogens with two attached hydrogens (primary N) is 1. The molecule has 1 aliphatic heterocycles. The molecule has 0 aliphatic carbocycles. The van der Waals surface area contributed by atoms with E-state index in [1.54, 1.807) is 0 Å². The lowest BCUT2D eigenvalue weighted by molar-refractivity contribution is 0.0517. The van der Waals surface area contributed by atoms with Crippen molar-refractivity contribution in [2.24, 2.45) is 5.73 Å². The van der Waals surface area contributed by atoms with Crippen molar-refractivity contribution >= 4 is 0 Å². The van der Waals surface area contributed by atoms with E-state index in [1.165, 1.54) is 6.42 Å². The predicted molar refractivity (Wildman–Crippen MR) is 41.9 cm³/mol. The van der Waals surface area contributed by atoms with Gasteiger partial charge in [0.05, 0.1) is 6.10 Å². The van der Waals surface area contributed by atoms with Gasteiger partial charge in [-0.2, -0.15) is 0 Å². The first-order valence-electron chi connectivity index (χ1n) is 4.07. The van der Waals surface area contributed by atoms with Crippen molar-refractivity contribution in [3.05, 3.63) is 0 Å². The Balaban J connectivity index is 2.45. The molecule has 60 valence electrons. The Morgan fingerprint density at radius 3 is 2.80 bits per heavy atom. The minimum absolute atomic E-state index is 0.101. The van der Waals surface area contributed by atoms with Crippen LogP contribution in [0.2, 0.25) is 0 Å². The van der Waals surface area contributed by atoms with E-state index < -0.39 is 0 Å². The van der Waals surface area contributed by atoms with E-state index in [2.05, 4.69) is 13.8 Å². The van der Waals surface area contributed by atoms with Crippen LogP contribution in [0.4, 0.5) is 0 Å². The largest absolute Gasteiger partial charge is 0.376 e. The fourth-order valence-corrected chi connectivity index (χ4v) is 1.33. The summed E-state index contributed by atoms with van der Waals surface area (Å²) >= 11 is 0. The molecule has 1 fully saturated rings. The van der Waals surface area contributed by atoms with Crippen molar-refractivity contribution < 1.29 is 4.74 Å². The van der Waals surface area contributed by atoms with Gasteiger partial charge >= 0.3 is 0 Å². The maximum absolute atomic E-state index is 6.00. The molecule has 1 saturated heterocycles. The Morgan fingerprint density at radius 1 is 1.70 bits per heavy atom. The smallest absolute Gasteiger partial charge is 0.0752 e. The molecule has 2 atom stereocenters. The molecule has 10 heavy (non-hydrogen) atoms. The third-order valence-corrected chi connectivity index (χ3v) is 2.43. The van der Waals surface area contributed by atoms with Crippen LogP contribution in [0.5, 0.6) is 0 Å². The Bertz CT molecular complexity index is 106. The van der Waals surface area contributed by atoms with Gasteiger partial charge in [0.25, 0.3) is 0 Å². The molecule has 1 heterocycles. The van der Waals surface area contributed by atoms with E-state index in [-0.39, 0.29) is 5.54 Å². The minimum Gasteiger partial charge on any atom is -0.376 e. The number of hydrogen-bond donors (Lipinski definition) is 1. The maximum Gasteiger partial charge on any atom is 0.0752 e. The molecule has 0 amide bonds. The summed E-state index contributed by atoms with van der Waals surface area (Å²) in [6.45, 7) is 5.09. The molecule has 1 rings (SSSR count). The Kier molecular flexibility index (Phi) is 2.32. The van der Waals surface area contributed by atoms with Gasteiger partial charge in [-0.1, -0.05) is 6.92 Å². The van der Waals surface area contributed by atoms with Crippen LogP contribution in [0.3, 0.4) is 0 Å². The van der Waals surface area contributed by atoms with Crippen molar-refractivity contribution in [2.75, 3.05) is 6.61 Å². The molecule has 2 unspecified atom stereocenters. The minimum atomic E-state index is -0.101. The SMILES string of the molecule is CCC(C)(N)C1CCCO1. The zero-order chi connectivity index (χ0) is 7.61. The van der Waals surface area contributed by atoms with Gasteiger partial charge in [0.2, 0.25) is 0 Å². The van der Waals surface area contributed by atoms with Crippen molar-refractivity contribution in [2.45, 2.75) is 44.8 Å². The number of rotatable bonds is 2. The second-order valence-electron chi connectivity index (χ2n) is 3.36. The van der Waals surface area contributed by atoms with Crippen LogP contribution in [0, 0.1) is 0 Å². The van der Waals surface area contributed by atoms with Gasteiger partial charge < -0.3 is 10.5 Å². The van der Waals surface area contributed by atoms with Crippen LogP contribution in [0.25, 0.3) is 0 Å². The summed E-state index contributed by atoms with van der Waals surface area (Å²) in [5.41, 5.74) is 5.90. The van der Waals surface area contributed by atoms with Gasteiger partial charge in [-0.15, -0.1) is 0 Å². The predicted octanol–water partition coefficient (Wildman–Crippen LogP) is 1.29. The molecule has 0 saturated carbocycles. The lowest BCUT2D eigenvalue weighted by atomic mass is 9.91.